The molecule has 4 N–H and O–H groups in total. The van der Waals surface area contributed by atoms with E-state index in [0.29, 0.717) is 25.1 Å². The quantitative estimate of drug-likeness (QED) is 0.236. The van der Waals surface area contributed by atoms with Crippen molar-refractivity contribution >= 4 is 11.9 Å². The Hall–Kier alpha value is -2.24. The van der Waals surface area contributed by atoms with Gasteiger partial charge in [-0.05, 0) is 18.6 Å². The second-order valence-corrected chi connectivity index (χ2v) is 3.32. The molecule has 1 rings (SSSR count). The smallest absolute Gasteiger partial charge is 0.410 e. The SMILES string of the molecule is NC(CCCNC(=O)Oc1ccccc1)=NO. The molecule has 0 aromatic heterocycles. The molecular formula is C11H15N3O3. The lowest BCUT2D eigenvalue weighted by Gasteiger charge is -2.05. The van der Waals surface area contributed by atoms with Gasteiger partial charge in [-0.25, -0.2) is 4.79 Å². The summed E-state index contributed by atoms with van der Waals surface area (Å²) in [6.45, 7) is 0.405. The summed E-state index contributed by atoms with van der Waals surface area (Å²) < 4.78 is 4.99. The Kier molecular flexibility index (Phi) is 5.36. The fourth-order valence-electron chi connectivity index (χ4n) is 1.14. The minimum absolute atomic E-state index is 0.142. The zero-order valence-corrected chi connectivity index (χ0v) is 9.30. The molecule has 6 heteroatoms. The van der Waals surface area contributed by atoms with Crippen molar-refractivity contribution in [1.29, 1.82) is 0 Å². The molecule has 6 nitrogen and oxygen atoms in total. The van der Waals surface area contributed by atoms with Crippen LogP contribution < -0.4 is 15.8 Å². The summed E-state index contributed by atoms with van der Waals surface area (Å²) in [5.41, 5.74) is 5.27. The Labute approximate surface area is 99.1 Å². The first kappa shape index (κ1) is 12.8. The standard InChI is InChI=1S/C11H15N3O3/c12-10(14-16)7-4-8-13-11(15)17-9-5-2-1-3-6-9/h1-3,5-6,16H,4,7-8H2,(H2,12,14)(H,13,15). The summed E-state index contributed by atoms with van der Waals surface area (Å²) in [5, 5.41) is 13.7. The van der Waals surface area contributed by atoms with Crippen LogP contribution in [0.25, 0.3) is 0 Å². The molecule has 0 unspecified atom stereocenters. The van der Waals surface area contributed by atoms with Crippen LogP contribution in [0.1, 0.15) is 12.8 Å². The van der Waals surface area contributed by atoms with E-state index in [0.717, 1.165) is 0 Å². The molecule has 0 aliphatic carbocycles. The maximum absolute atomic E-state index is 11.3. The monoisotopic (exact) mass is 237 g/mol. The zero-order chi connectivity index (χ0) is 12.5. The number of ether oxygens (including phenoxy) is 1. The van der Waals surface area contributed by atoms with Crippen LogP contribution in [0.4, 0.5) is 4.79 Å². The highest BCUT2D eigenvalue weighted by atomic mass is 16.6. The van der Waals surface area contributed by atoms with Gasteiger partial charge in [-0.3, -0.25) is 0 Å². The minimum atomic E-state index is -0.518. The van der Waals surface area contributed by atoms with Crippen LogP contribution in [0.5, 0.6) is 5.75 Å². The van der Waals surface area contributed by atoms with Gasteiger partial charge < -0.3 is 21.0 Å². The highest BCUT2D eigenvalue weighted by Crippen LogP contribution is 2.07. The van der Waals surface area contributed by atoms with Crippen LogP contribution in [0, 0.1) is 0 Å². The van der Waals surface area contributed by atoms with Crippen molar-refractivity contribution in [2.75, 3.05) is 6.54 Å². The van der Waals surface area contributed by atoms with E-state index >= 15 is 0 Å². The maximum atomic E-state index is 11.3. The zero-order valence-electron chi connectivity index (χ0n) is 9.30. The number of amides is 1. The van der Waals surface area contributed by atoms with Crippen molar-refractivity contribution in [3.8, 4) is 5.75 Å². The number of nitrogens with one attached hydrogen (secondary N) is 1. The molecule has 0 heterocycles. The Balaban J connectivity index is 2.18. The third kappa shape index (κ3) is 5.41. The molecule has 0 saturated carbocycles. The molecule has 0 radical (unpaired) electrons. The van der Waals surface area contributed by atoms with Crippen LogP contribution >= 0.6 is 0 Å². The van der Waals surface area contributed by atoms with Gasteiger partial charge in [0.05, 0.1) is 0 Å². The van der Waals surface area contributed by atoms with E-state index in [1.165, 1.54) is 0 Å². The van der Waals surface area contributed by atoms with Crippen LogP contribution in [-0.4, -0.2) is 23.7 Å². The third-order valence-electron chi connectivity index (χ3n) is 1.96. The second-order valence-electron chi connectivity index (χ2n) is 3.32. The molecule has 1 aromatic rings. The number of rotatable bonds is 5. The number of nitrogens with two attached hydrogens (primary N) is 1. The second kappa shape index (κ2) is 7.10. The molecule has 1 amide bonds. The number of amidine groups is 1. The summed E-state index contributed by atoms with van der Waals surface area (Å²) in [4.78, 5) is 11.3. The molecule has 1 aromatic carbocycles. The summed E-state index contributed by atoms with van der Waals surface area (Å²) >= 11 is 0. The van der Waals surface area contributed by atoms with Gasteiger partial charge in [-0.2, -0.15) is 0 Å². The predicted octanol–water partition coefficient (Wildman–Crippen LogP) is 1.30. The lowest BCUT2D eigenvalue weighted by Crippen LogP contribution is -2.28. The lowest BCUT2D eigenvalue weighted by molar-refractivity contribution is 0.200. The van der Waals surface area contributed by atoms with E-state index in [9.17, 15) is 4.79 Å². The third-order valence-corrected chi connectivity index (χ3v) is 1.96. The van der Waals surface area contributed by atoms with Crippen molar-refractivity contribution in [1.82, 2.24) is 5.32 Å². The first-order valence-corrected chi connectivity index (χ1v) is 5.19. The highest BCUT2D eigenvalue weighted by molar-refractivity contribution is 5.79. The van der Waals surface area contributed by atoms with Gasteiger partial charge >= 0.3 is 6.09 Å². The predicted molar refractivity (Wildman–Crippen MR) is 63.1 cm³/mol. The van der Waals surface area contributed by atoms with Crippen LogP contribution in [0.2, 0.25) is 0 Å². The van der Waals surface area contributed by atoms with Crippen LogP contribution in [-0.2, 0) is 0 Å². The van der Waals surface area contributed by atoms with E-state index in [4.69, 9.17) is 15.7 Å². The van der Waals surface area contributed by atoms with Gasteiger partial charge in [0.2, 0.25) is 0 Å². The number of carbonyl (C=O) groups is 1. The van der Waals surface area contributed by atoms with Crippen LogP contribution in [0.3, 0.4) is 0 Å². The van der Waals surface area contributed by atoms with Crippen molar-refractivity contribution in [2.24, 2.45) is 10.9 Å². The van der Waals surface area contributed by atoms with Gasteiger partial charge in [-0.15, -0.1) is 0 Å². The summed E-state index contributed by atoms with van der Waals surface area (Å²) in [5.74, 6) is 0.629. The summed E-state index contributed by atoms with van der Waals surface area (Å²) in [7, 11) is 0. The number of oxime groups is 1. The average molecular weight is 237 g/mol. The number of nitrogens with zero attached hydrogens (tertiary/aromatic N) is 1. The Morgan fingerprint density at radius 3 is 2.76 bits per heavy atom. The number of benzene rings is 1. The molecule has 0 atom stereocenters. The highest BCUT2D eigenvalue weighted by Gasteiger charge is 2.02. The topological polar surface area (TPSA) is 96.9 Å². The molecule has 0 bridgehead atoms. The molecule has 17 heavy (non-hydrogen) atoms. The molecule has 92 valence electrons. The van der Waals surface area contributed by atoms with Crippen molar-refractivity contribution in [3.05, 3.63) is 30.3 Å². The maximum Gasteiger partial charge on any atom is 0.412 e. The Bertz CT molecular complexity index is 379. The van der Waals surface area contributed by atoms with Crippen molar-refractivity contribution < 1.29 is 14.7 Å². The van der Waals surface area contributed by atoms with E-state index in [1.807, 2.05) is 6.07 Å². The fraction of sp³-hybridized carbons (Fsp3) is 0.273. The van der Waals surface area contributed by atoms with Crippen LogP contribution in [0.15, 0.2) is 35.5 Å². The number of carbonyl (C=O) groups excluding carboxylic acids is 1. The average Bonchev–Trinajstić information content (AvgIpc) is 2.35. The number of para-hydroxylation sites is 1. The molecule has 0 aliphatic rings. The first-order chi connectivity index (χ1) is 8.22. The van der Waals surface area contributed by atoms with E-state index in [2.05, 4.69) is 10.5 Å². The Morgan fingerprint density at radius 2 is 2.12 bits per heavy atom. The molecule has 0 saturated heterocycles. The molecule has 0 spiro atoms. The van der Waals surface area contributed by atoms with Gasteiger partial charge in [0.1, 0.15) is 11.6 Å². The van der Waals surface area contributed by atoms with Crippen molar-refractivity contribution in [3.63, 3.8) is 0 Å². The van der Waals surface area contributed by atoms with Gasteiger partial charge in [-0.1, -0.05) is 23.4 Å². The van der Waals surface area contributed by atoms with E-state index < -0.39 is 6.09 Å². The Morgan fingerprint density at radius 1 is 1.41 bits per heavy atom. The summed E-state index contributed by atoms with van der Waals surface area (Å²) in [6, 6.07) is 8.77. The summed E-state index contributed by atoms with van der Waals surface area (Å²) in [6.07, 6.45) is 0.484. The fourth-order valence-corrected chi connectivity index (χ4v) is 1.14. The molecule has 0 aliphatic heterocycles. The normalized spacial score (nSPS) is 10.9. The van der Waals surface area contributed by atoms with Gasteiger partial charge in [0.25, 0.3) is 0 Å². The van der Waals surface area contributed by atoms with E-state index in [1.54, 1.807) is 24.3 Å². The van der Waals surface area contributed by atoms with Crippen molar-refractivity contribution in [2.45, 2.75) is 12.8 Å². The lowest BCUT2D eigenvalue weighted by atomic mass is 10.3. The number of hydrogen-bond acceptors (Lipinski definition) is 4. The van der Waals surface area contributed by atoms with Gasteiger partial charge in [0.15, 0.2) is 0 Å². The van der Waals surface area contributed by atoms with E-state index in [-0.39, 0.29) is 5.84 Å². The molecular weight excluding hydrogens is 222 g/mol. The number of hydrogen-bond donors (Lipinski definition) is 3. The first-order valence-electron chi connectivity index (χ1n) is 5.19. The minimum Gasteiger partial charge on any atom is -0.410 e. The molecule has 0 fully saturated rings. The van der Waals surface area contributed by atoms with Gasteiger partial charge in [0, 0.05) is 13.0 Å². The largest absolute Gasteiger partial charge is 0.412 e.